The zero-order valence-corrected chi connectivity index (χ0v) is 15.6. The van der Waals surface area contributed by atoms with E-state index in [1.165, 1.54) is 12.1 Å². The fourth-order valence-electron chi connectivity index (χ4n) is 3.56. The molecule has 1 saturated heterocycles. The number of benzene rings is 2. The standard InChI is InChI=1S/C22H25FN2O2/c1-24(16-17-6-3-2-4-7-17)22(27)19-10-12-25(13-11-19)21(26)15-18-8-5-9-20(23)14-18/h2-9,14,19H,10-13,15-16H2,1H3. The van der Waals surface area contributed by atoms with Crippen LogP contribution in [0, 0.1) is 11.7 Å². The molecule has 5 heteroatoms. The Labute approximate surface area is 159 Å². The second kappa shape index (κ2) is 8.80. The summed E-state index contributed by atoms with van der Waals surface area (Å²) in [4.78, 5) is 28.7. The van der Waals surface area contributed by atoms with Crippen molar-refractivity contribution in [2.75, 3.05) is 20.1 Å². The van der Waals surface area contributed by atoms with Gasteiger partial charge in [-0.05, 0) is 36.1 Å². The number of halogens is 1. The minimum absolute atomic E-state index is 0.0101. The molecule has 0 bridgehead atoms. The average Bonchev–Trinajstić information content (AvgIpc) is 2.68. The van der Waals surface area contributed by atoms with E-state index in [-0.39, 0.29) is 30.0 Å². The lowest BCUT2D eigenvalue weighted by Gasteiger charge is -2.33. The van der Waals surface area contributed by atoms with Crippen LogP contribution in [-0.2, 0) is 22.6 Å². The van der Waals surface area contributed by atoms with E-state index in [1.54, 1.807) is 21.9 Å². The average molecular weight is 368 g/mol. The van der Waals surface area contributed by atoms with E-state index in [0.717, 1.165) is 5.56 Å². The Balaban J connectivity index is 1.49. The lowest BCUT2D eigenvalue weighted by Crippen LogP contribution is -2.43. The molecule has 2 aromatic carbocycles. The molecule has 0 aliphatic carbocycles. The van der Waals surface area contributed by atoms with Crippen LogP contribution in [0.2, 0.25) is 0 Å². The monoisotopic (exact) mass is 368 g/mol. The molecule has 0 saturated carbocycles. The Hall–Kier alpha value is -2.69. The van der Waals surface area contributed by atoms with Gasteiger partial charge in [-0.1, -0.05) is 42.5 Å². The van der Waals surface area contributed by atoms with Gasteiger partial charge in [0, 0.05) is 32.6 Å². The second-order valence-corrected chi connectivity index (χ2v) is 7.14. The van der Waals surface area contributed by atoms with Crippen LogP contribution in [0.1, 0.15) is 24.0 Å². The number of hydrogen-bond donors (Lipinski definition) is 0. The first-order valence-corrected chi connectivity index (χ1v) is 9.34. The summed E-state index contributed by atoms with van der Waals surface area (Å²) >= 11 is 0. The minimum atomic E-state index is -0.328. The highest BCUT2D eigenvalue weighted by Gasteiger charge is 2.29. The maximum atomic E-state index is 13.3. The maximum Gasteiger partial charge on any atom is 0.226 e. The zero-order valence-electron chi connectivity index (χ0n) is 15.6. The largest absolute Gasteiger partial charge is 0.342 e. The van der Waals surface area contributed by atoms with Crippen LogP contribution in [-0.4, -0.2) is 41.8 Å². The van der Waals surface area contributed by atoms with Crippen LogP contribution in [0.3, 0.4) is 0 Å². The Morgan fingerprint density at radius 3 is 2.37 bits per heavy atom. The van der Waals surface area contributed by atoms with E-state index < -0.39 is 0 Å². The fraction of sp³-hybridized carbons (Fsp3) is 0.364. The Kier molecular flexibility index (Phi) is 6.22. The van der Waals surface area contributed by atoms with E-state index in [4.69, 9.17) is 0 Å². The number of rotatable bonds is 5. The van der Waals surface area contributed by atoms with Crippen LogP contribution in [0.15, 0.2) is 54.6 Å². The number of piperidine rings is 1. The molecule has 1 fully saturated rings. The lowest BCUT2D eigenvalue weighted by molar-refractivity contribution is -0.140. The molecule has 0 N–H and O–H groups in total. The first-order valence-electron chi connectivity index (χ1n) is 9.34. The second-order valence-electron chi connectivity index (χ2n) is 7.14. The summed E-state index contributed by atoms with van der Waals surface area (Å²) in [5, 5.41) is 0. The molecule has 3 rings (SSSR count). The molecule has 0 radical (unpaired) electrons. The highest BCUT2D eigenvalue weighted by molar-refractivity contribution is 5.81. The van der Waals surface area contributed by atoms with Gasteiger partial charge in [0.1, 0.15) is 5.82 Å². The summed E-state index contributed by atoms with van der Waals surface area (Å²) in [7, 11) is 1.83. The number of nitrogens with zero attached hydrogens (tertiary/aromatic N) is 2. The molecular weight excluding hydrogens is 343 g/mol. The van der Waals surface area contributed by atoms with Crippen molar-refractivity contribution < 1.29 is 14.0 Å². The summed E-state index contributed by atoms with van der Waals surface area (Å²) in [6, 6.07) is 16.1. The SMILES string of the molecule is CN(Cc1ccccc1)C(=O)C1CCN(C(=O)Cc2cccc(F)c2)CC1. The molecule has 4 nitrogen and oxygen atoms in total. The van der Waals surface area contributed by atoms with Crippen molar-refractivity contribution >= 4 is 11.8 Å². The van der Waals surface area contributed by atoms with Crippen molar-refractivity contribution in [3.8, 4) is 0 Å². The molecule has 27 heavy (non-hydrogen) atoms. The number of amides is 2. The first kappa shape index (κ1) is 19.1. The predicted octanol–water partition coefficient (Wildman–Crippen LogP) is 3.27. The predicted molar refractivity (Wildman–Crippen MR) is 102 cm³/mol. The summed E-state index contributed by atoms with van der Waals surface area (Å²) in [5.41, 5.74) is 1.79. The van der Waals surface area contributed by atoms with Crippen molar-refractivity contribution in [2.24, 2.45) is 5.92 Å². The normalized spacial score (nSPS) is 14.8. The van der Waals surface area contributed by atoms with Crippen LogP contribution in [0.4, 0.5) is 4.39 Å². The Bertz CT molecular complexity index is 786. The highest BCUT2D eigenvalue weighted by atomic mass is 19.1. The molecule has 2 amide bonds. The molecule has 1 heterocycles. The van der Waals surface area contributed by atoms with E-state index in [1.807, 2.05) is 37.4 Å². The van der Waals surface area contributed by atoms with Crippen molar-refractivity contribution in [2.45, 2.75) is 25.8 Å². The molecule has 2 aromatic rings. The summed E-state index contributed by atoms with van der Waals surface area (Å²) in [6.07, 6.45) is 1.55. The third kappa shape index (κ3) is 5.16. The van der Waals surface area contributed by atoms with Crippen LogP contribution in [0.5, 0.6) is 0 Å². The van der Waals surface area contributed by atoms with Crippen molar-refractivity contribution in [1.29, 1.82) is 0 Å². The van der Waals surface area contributed by atoms with Gasteiger partial charge in [-0.3, -0.25) is 9.59 Å². The molecule has 0 spiro atoms. The molecule has 0 unspecified atom stereocenters. The zero-order chi connectivity index (χ0) is 19.2. The van der Waals surface area contributed by atoms with Gasteiger partial charge in [0.2, 0.25) is 11.8 Å². The van der Waals surface area contributed by atoms with Crippen molar-refractivity contribution in [3.05, 3.63) is 71.5 Å². The highest BCUT2D eigenvalue weighted by Crippen LogP contribution is 2.21. The third-order valence-electron chi connectivity index (χ3n) is 5.08. The van der Waals surface area contributed by atoms with Gasteiger partial charge < -0.3 is 9.80 Å². The number of likely N-dealkylation sites (tertiary alicyclic amines) is 1. The molecule has 1 aliphatic rings. The van der Waals surface area contributed by atoms with Gasteiger partial charge in [0.25, 0.3) is 0 Å². The van der Waals surface area contributed by atoms with E-state index in [9.17, 15) is 14.0 Å². The lowest BCUT2D eigenvalue weighted by atomic mass is 9.94. The molecule has 1 aliphatic heterocycles. The van der Waals surface area contributed by atoms with Gasteiger partial charge in [-0.15, -0.1) is 0 Å². The quantitative estimate of drug-likeness (QED) is 0.813. The van der Waals surface area contributed by atoms with E-state index in [2.05, 4.69) is 0 Å². The van der Waals surface area contributed by atoms with E-state index >= 15 is 0 Å². The molecular formula is C22H25FN2O2. The summed E-state index contributed by atoms with van der Waals surface area (Å²) in [5.74, 6) is -0.247. The van der Waals surface area contributed by atoms with Crippen molar-refractivity contribution in [1.82, 2.24) is 9.80 Å². The first-order chi connectivity index (χ1) is 13.0. The minimum Gasteiger partial charge on any atom is -0.342 e. The number of carbonyl (C=O) groups excluding carboxylic acids is 2. The van der Waals surface area contributed by atoms with Gasteiger partial charge in [0.15, 0.2) is 0 Å². The van der Waals surface area contributed by atoms with Crippen LogP contribution in [0.25, 0.3) is 0 Å². The number of hydrogen-bond acceptors (Lipinski definition) is 2. The van der Waals surface area contributed by atoms with Crippen LogP contribution < -0.4 is 0 Å². The smallest absolute Gasteiger partial charge is 0.226 e. The maximum absolute atomic E-state index is 13.3. The molecule has 0 aromatic heterocycles. The Morgan fingerprint density at radius 2 is 1.70 bits per heavy atom. The third-order valence-corrected chi connectivity index (χ3v) is 5.08. The van der Waals surface area contributed by atoms with Gasteiger partial charge in [-0.2, -0.15) is 0 Å². The summed E-state index contributed by atoms with van der Waals surface area (Å²) in [6.45, 7) is 1.74. The number of carbonyl (C=O) groups is 2. The Morgan fingerprint density at radius 1 is 1.04 bits per heavy atom. The summed E-state index contributed by atoms with van der Waals surface area (Å²) < 4.78 is 13.3. The molecule has 142 valence electrons. The van der Waals surface area contributed by atoms with Crippen molar-refractivity contribution in [3.63, 3.8) is 0 Å². The van der Waals surface area contributed by atoms with Gasteiger partial charge in [0.05, 0.1) is 6.42 Å². The van der Waals surface area contributed by atoms with E-state index in [0.29, 0.717) is 38.0 Å². The molecule has 0 atom stereocenters. The van der Waals surface area contributed by atoms with Gasteiger partial charge >= 0.3 is 0 Å². The topological polar surface area (TPSA) is 40.6 Å². The van der Waals surface area contributed by atoms with Crippen LogP contribution >= 0.6 is 0 Å². The van der Waals surface area contributed by atoms with Gasteiger partial charge in [-0.25, -0.2) is 4.39 Å². The fourth-order valence-corrected chi connectivity index (χ4v) is 3.56.